The number of benzene rings is 1. The molecule has 0 saturated carbocycles. The van der Waals surface area contributed by atoms with Gasteiger partial charge in [-0.15, -0.1) is 0 Å². The van der Waals surface area contributed by atoms with Crippen molar-refractivity contribution in [3.63, 3.8) is 0 Å². The van der Waals surface area contributed by atoms with Gasteiger partial charge in [0.1, 0.15) is 0 Å². The molecule has 0 radical (unpaired) electrons. The van der Waals surface area contributed by atoms with Gasteiger partial charge in [-0.1, -0.05) is 65.8 Å². The predicted octanol–water partition coefficient (Wildman–Crippen LogP) is 4.61. The molecule has 1 heterocycles. The van der Waals surface area contributed by atoms with Crippen LogP contribution in [0, 0.1) is 5.41 Å². The number of hydrogen-bond donors (Lipinski definition) is 1. The van der Waals surface area contributed by atoms with Gasteiger partial charge in [0.05, 0.1) is 0 Å². The minimum atomic E-state index is 0.142. The molecule has 106 valence electrons. The molecule has 1 atom stereocenters. The van der Waals surface area contributed by atoms with Crippen molar-refractivity contribution in [1.29, 1.82) is 0 Å². The Kier molecular flexibility index (Phi) is 3.55. The Bertz CT molecular complexity index is 422. The van der Waals surface area contributed by atoms with Crippen molar-refractivity contribution in [1.82, 2.24) is 5.32 Å². The first-order chi connectivity index (χ1) is 8.67. The fourth-order valence-electron chi connectivity index (χ4n) is 3.32. The Labute approximate surface area is 118 Å². The molecule has 1 aromatic rings. The molecule has 1 nitrogen and oxygen atoms in total. The highest BCUT2D eigenvalue weighted by Gasteiger charge is 2.45. The van der Waals surface area contributed by atoms with E-state index in [1.807, 2.05) is 0 Å². The third-order valence-electron chi connectivity index (χ3n) is 4.68. The zero-order valence-corrected chi connectivity index (χ0v) is 13.4. The normalized spacial score (nSPS) is 24.7. The maximum absolute atomic E-state index is 3.78. The van der Waals surface area contributed by atoms with Crippen LogP contribution in [0.3, 0.4) is 0 Å². The molecular weight excluding hydrogens is 230 g/mol. The molecule has 0 spiro atoms. The summed E-state index contributed by atoms with van der Waals surface area (Å²) in [7, 11) is 0. The van der Waals surface area contributed by atoms with Crippen molar-refractivity contribution in [2.75, 3.05) is 6.54 Å². The molecule has 1 N–H and O–H groups in total. The summed E-state index contributed by atoms with van der Waals surface area (Å²) >= 11 is 0. The molecule has 1 unspecified atom stereocenters. The van der Waals surface area contributed by atoms with E-state index in [9.17, 15) is 0 Å². The molecular formula is C18H29N. The molecule has 0 bridgehead atoms. The third-order valence-corrected chi connectivity index (χ3v) is 4.68. The van der Waals surface area contributed by atoms with E-state index in [-0.39, 0.29) is 16.4 Å². The van der Waals surface area contributed by atoms with Gasteiger partial charge in [-0.2, -0.15) is 0 Å². The zero-order chi connectivity index (χ0) is 14.3. The summed E-state index contributed by atoms with van der Waals surface area (Å²) in [6.45, 7) is 15.0. The lowest BCUT2D eigenvalue weighted by Gasteiger charge is -2.43. The number of rotatable bonds is 1. The molecule has 2 rings (SSSR count). The van der Waals surface area contributed by atoms with E-state index in [2.05, 4.69) is 71.1 Å². The van der Waals surface area contributed by atoms with Crippen molar-refractivity contribution in [2.45, 2.75) is 65.3 Å². The van der Waals surface area contributed by atoms with Gasteiger partial charge in [0.15, 0.2) is 0 Å². The fraction of sp³-hybridized carbons (Fsp3) is 0.667. The second-order valence-electron chi connectivity index (χ2n) is 8.01. The van der Waals surface area contributed by atoms with Crippen molar-refractivity contribution in [3.8, 4) is 0 Å². The second-order valence-corrected chi connectivity index (χ2v) is 8.01. The molecule has 1 fully saturated rings. The summed E-state index contributed by atoms with van der Waals surface area (Å²) in [5.74, 6) is 0. The van der Waals surface area contributed by atoms with E-state index < -0.39 is 0 Å². The topological polar surface area (TPSA) is 12.0 Å². The number of hydrogen-bond acceptors (Lipinski definition) is 1. The van der Waals surface area contributed by atoms with Gasteiger partial charge in [0, 0.05) is 5.54 Å². The van der Waals surface area contributed by atoms with Gasteiger partial charge in [-0.25, -0.2) is 0 Å². The first-order valence-electron chi connectivity index (χ1n) is 7.53. The summed E-state index contributed by atoms with van der Waals surface area (Å²) in [4.78, 5) is 0. The first-order valence-corrected chi connectivity index (χ1v) is 7.53. The SMILES string of the molecule is CC(C)(C)c1ccc(C2(C(C)(C)C)CCCN2)cc1. The fourth-order valence-corrected chi connectivity index (χ4v) is 3.32. The Morgan fingerprint density at radius 1 is 0.947 bits per heavy atom. The molecule has 1 saturated heterocycles. The quantitative estimate of drug-likeness (QED) is 0.776. The molecule has 19 heavy (non-hydrogen) atoms. The van der Waals surface area contributed by atoms with Crippen LogP contribution in [0.25, 0.3) is 0 Å². The highest BCUT2D eigenvalue weighted by Crippen LogP contribution is 2.45. The van der Waals surface area contributed by atoms with Gasteiger partial charge in [-0.3, -0.25) is 0 Å². The third kappa shape index (κ3) is 2.58. The van der Waals surface area contributed by atoms with Crippen LogP contribution < -0.4 is 5.32 Å². The molecule has 1 aliphatic rings. The Hall–Kier alpha value is -0.820. The highest BCUT2D eigenvalue weighted by atomic mass is 15.0. The lowest BCUT2D eigenvalue weighted by molar-refractivity contribution is 0.160. The summed E-state index contributed by atoms with van der Waals surface area (Å²) in [5.41, 5.74) is 3.48. The summed E-state index contributed by atoms with van der Waals surface area (Å²) in [5, 5.41) is 3.78. The summed E-state index contributed by atoms with van der Waals surface area (Å²) < 4.78 is 0. The Balaban J connectivity index is 2.40. The maximum Gasteiger partial charge on any atom is 0.0484 e. The molecule has 1 aromatic carbocycles. The van der Waals surface area contributed by atoms with E-state index in [1.165, 1.54) is 24.0 Å². The molecule has 0 aliphatic carbocycles. The minimum Gasteiger partial charge on any atom is -0.307 e. The van der Waals surface area contributed by atoms with Crippen LogP contribution >= 0.6 is 0 Å². The van der Waals surface area contributed by atoms with Crippen LogP contribution in [0.4, 0.5) is 0 Å². The van der Waals surface area contributed by atoms with Gasteiger partial charge in [-0.05, 0) is 41.3 Å². The van der Waals surface area contributed by atoms with Crippen molar-refractivity contribution >= 4 is 0 Å². The minimum absolute atomic E-state index is 0.142. The van der Waals surface area contributed by atoms with Crippen molar-refractivity contribution < 1.29 is 0 Å². The average Bonchev–Trinajstić information content (AvgIpc) is 2.77. The van der Waals surface area contributed by atoms with Gasteiger partial charge in [0.2, 0.25) is 0 Å². The van der Waals surface area contributed by atoms with E-state index in [4.69, 9.17) is 0 Å². The van der Waals surface area contributed by atoms with E-state index in [0.717, 1.165) is 6.54 Å². The van der Waals surface area contributed by atoms with Crippen LogP contribution in [0.2, 0.25) is 0 Å². The summed E-state index contributed by atoms with van der Waals surface area (Å²) in [6, 6.07) is 9.29. The lowest BCUT2D eigenvalue weighted by atomic mass is 9.68. The van der Waals surface area contributed by atoms with Crippen LogP contribution in [-0.2, 0) is 11.0 Å². The van der Waals surface area contributed by atoms with Gasteiger partial charge in [0.25, 0.3) is 0 Å². The van der Waals surface area contributed by atoms with E-state index in [0.29, 0.717) is 0 Å². The molecule has 0 amide bonds. The second kappa shape index (κ2) is 4.63. The average molecular weight is 259 g/mol. The summed E-state index contributed by atoms with van der Waals surface area (Å²) in [6.07, 6.45) is 2.52. The molecule has 1 heteroatoms. The standard InChI is InChI=1S/C18H29N/c1-16(2,3)14-8-10-15(11-9-14)18(17(4,5)6)12-7-13-19-18/h8-11,19H,7,12-13H2,1-6H3. The predicted molar refractivity (Wildman–Crippen MR) is 83.5 cm³/mol. The van der Waals surface area contributed by atoms with E-state index in [1.54, 1.807) is 0 Å². The van der Waals surface area contributed by atoms with Crippen LogP contribution in [0.15, 0.2) is 24.3 Å². The Morgan fingerprint density at radius 3 is 1.89 bits per heavy atom. The van der Waals surface area contributed by atoms with Crippen LogP contribution in [-0.4, -0.2) is 6.54 Å². The van der Waals surface area contributed by atoms with Gasteiger partial charge >= 0.3 is 0 Å². The molecule has 0 aromatic heterocycles. The zero-order valence-electron chi connectivity index (χ0n) is 13.4. The maximum atomic E-state index is 3.78. The van der Waals surface area contributed by atoms with E-state index >= 15 is 0 Å². The van der Waals surface area contributed by atoms with Crippen LogP contribution in [0.1, 0.15) is 65.5 Å². The molecule has 1 aliphatic heterocycles. The lowest BCUT2D eigenvalue weighted by Crippen LogP contribution is -2.48. The van der Waals surface area contributed by atoms with Crippen molar-refractivity contribution in [3.05, 3.63) is 35.4 Å². The largest absolute Gasteiger partial charge is 0.307 e. The van der Waals surface area contributed by atoms with Gasteiger partial charge < -0.3 is 5.32 Å². The number of nitrogens with one attached hydrogen (secondary N) is 1. The van der Waals surface area contributed by atoms with Crippen LogP contribution in [0.5, 0.6) is 0 Å². The monoisotopic (exact) mass is 259 g/mol. The highest BCUT2D eigenvalue weighted by molar-refractivity contribution is 5.34. The Morgan fingerprint density at radius 2 is 1.53 bits per heavy atom. The smallest absolute Gasteiger partial charge is 0.0484 e. The first kappa shape index (κ1) is 14.6. The van der Waals surface area contributed by atoms with Crippen molar-refractivity contribution in [2.24, 2.45) is 5.41 Å².